The molecule has 0 spiro atoms. The van der Waals surface area contributed by atoms with E-state index in [2.05, 4.69) is 12.1 Å². The molecule has 0 amide bonds. The monoisotopic (exact) mass is 480 g/mol. The minimum atomic E-state index is 0.411. The number of pyridine rings is 1. The van der Waals surface area contributed by atoms with Crippen LogP contribution in [0.15, 0.2) is 77.8 Å². The lowest BCUT2D eigenvalue weighted by atomic mass is 10.0. The Morgan fingerprint density at radius 3 is 2.45 bits per heavy atom. The van der Waals surface area contributed by atoms with Crippen molar-refractivity contribution in [2.24, 2.45) is 0 Å². The lowest BCUT2D eigenvalue weighted by molar-refractivity contribution is 1.17. The van der Waals surface area contributed by atoms with Crippen molar-refractivity contribution < 1.29 is 0 Å². The summed E-state index contributed by atoms with van der Waals surface area (Å²) in [5.74, 6) is 0.734. The molecule has 0 N–H and O–H groups in total. The Balaban J connectivity index is 1.76. The van der Waals surface area contributed by atoms with Crippen LogP contribution in [0.5, 0.6) is 0 Å². The smallest absolute Gasteiger partial charge is 0.104 e. The summed E-state index contributed by atoms with van der Waals surface area (Å²) >= 11 is 19.8. The predicted octanol–water partition coefficient (Wildman–Crippen LogP) is 8.55. The fraction of sp³-hybridized carbons (Fsp3) is 0.0400. The van der Waals surface area contributed by atoms with Gasteiger partial charge in [0.25, 0.3) is 0 Å². The van der Waals surface area contributed by atoms with Crippen LogP contribution in [-0.2, 0) is 5.75 Å². The van der Waals surface area contributed by atoms with E-state index >= 15 is 0 Å². The molecule has 1 aromatic heterocycles. The molecule has 0 bridgehead atoms. The average Bonchev–Trinajstić information content (AvgIpc) is 2.78. The largest absolute Gasteiger partial charge is 0.241 e. The van der Waals surface area contributed by atoms with Gasteiger partial charge >= 0.3 is 0 Å². The third-order valence-electron chi connectivity index (χ3n) is 4.66. The zero-order valence-electron chi connectivity index (χ0n) is 16.1. The van der Waals surface area contributed by atoms with Gasteiger partial charge in [0.05, 0.1) is 27.2 Å². The maximum atomic E-state index is 9.80. The molecule has 152 valence electrons. The number of halogens is 3. The van der Waals surface area contributed by atoms with Gasteiger partial charge in [-0.25, -0.2) is 4.98 Å². The topological polar surface area (TPSA) is 36.7 Å². The summed E-state index contributed by atoms with van der Waals surface area (Å²) in [5, 5.41) is 13.2. The molecule has 4 aromatic rings. The number of nitrogens with zero attached hydrogens (tertiary/aromatic N) is 2. The molecule has 3 aromatic carbocycles. The highest BCUT2D eigenvalue weighted by Crippen LogP contribution is 2.32. The Kier molecular flexibility index (Phi) is 6.85. The van der Waals surface area contributed by atoms with E-state index < -0.39 is 0 Å². The number of aromatic nitrogens is 1. The molecular weight excluding hydrogens is 467 g/mol. The summed E-state index contributed by atoms with van der Waals surface area (Å²) in [4.78, 5) is 4.86. The minimum Gasteiger partial charge on any atom is -0.241 e. The van der Waals surface area contributed by atoms with E-state index in [0.717, 1.165) is 32.8 Å². The molecule has 2 nitrogen and oxygen atoms in total. The van der Waals surface area contributed by atoms with E-state index in [1.807, 2.05) is 54.6 Å². The highest BCUT2D eigenvalue weighted by Gasteiger charge is 2.10. The van der Waals surface area contributed by atoms with E-state index in [-0.39, 0.29) is 0 Å². The molecule has 0 unspecified atom stereocenters. The van der Waals surface area contributed by atoms with Gasteiger partial charge in [-0.15, -0.1) is 11.8 Å². The van der Waals surface area contributed by atoms with Crippen LogP contribution < -0.4 is 0 Å². The molecule has 6 heteroatoms. The van der Waals surface area contributed by atoms with Gasteiger partial charge in [-0.2, -0.15) is 5.26 Å². The molecule has 4 rings (SSSR count). The van der Waals surface area contributed by atoms with Gasteiger partial charge in [-0.3, -0.25) is 0 Å². The predicted molar refractivity (Wildman–Crippen MR) is 133 cm³/mol. The normalized spacial score (nSPS) is 11.5. The van der Waals surface area contributed by atoms with E-state index in [9.17, 15) is 5.26 Å². The van der Waals surface area contributed by atoms with Crippen LogP contribution in [-0.4, -0.2) is 4.98 Å². The zero-order chi connectivity index (χ0) is 21.8. The van der Waals surface area contributed by atoms with Gasteiger partial charge in [-0.1, -0.05) is 71.2 Å². The third-order valence-corrected chi connectivity index (χ3v) is 6.73. The van der Waals surface area contributed by atoms with Crippen LogP contribution >= 0.6 is 46.6 Å². The summed E-state index contributed by atoms with van der Waals surface area (Å²) in [7, 11) is 0. The van der Waals surface area contributed by atoms with Gasteiger partial charge in [0.15, 0.2) is 0 Å². The number of allylic oxidation sites excluding steroid dienone is 1. The van der Waals surface area contributed by atoms with Crippen molar-refractivity contribution in [2.75, 3.05) is 0 Å². The highest BCUT2D eigenvalue weighted by atomic mass is 35.5. The fourth-order valence-electron chi connectivity index (χ4n) is 3.07. The lowest BCUT2D eigenvalue weighted by Gasteiger charge is -2.09. The summed E-state index contributed by atoms with van der Waals surface area (Å²) < 4.78 is 0. The van der Waals surface area contributed by atoms with Crippen molar-refractivity contribution in [1.29, 1.82) is 5.26 Å². The first-order valence-electron chi connectivity index (χ1n) is 9.38. The van der Waals surface area contributed by atoms with E-state index in [1.165, 1.54) is 0 Å². The minimum absolute atomic E-state index is 0.411. The number of hydrogen-bond acceptors (Lipinski definition) is 3. The Morgan fingerprint density at radius 1 is 0.935 bits per heavy atom. The molecule has 0 aliphatic heterocycles. The number of fused-ring (bicyclic) bond motifs is 1. The van der Waals surface area contributed by atoms with Gasteiger partial charge in [0.1, 0.15) is 5.03 Å². The highest BCUT2D eigenvalue weighted by molar-refractivity contribution is 7.98. The molecule has 1 heterocycles. The van der Waals surface area contributed by atoms with E-state index in [1.54, 1.807) is 30.0 Å². The SMILES string of the molecule is N#CC(=Cc1cc2ccccc2nc1SCc1ccc(Cl)cc1)c1ccc(Cl)c(Cl)c1. The quantitative estimate of drug-likeness (QED) is 0.211. The first-order valence-corrected chi connectivity index (χ1v) is 11.5. The molecule has 0 fully saturated rings. The number of rotatable bonds is 5. The summed E-state index contributed by atoms with van der Waals surface area (Å²) in [6.07, 6.45) is 1.85. The lowest BCUT2D eigenvalue weighted by Crippen LogP contribution is -1.91. The Bertz CT molecular complexity index is 1330. The number of para-hydroxylation sites is 1. The van der Waals surface area contributed by atoms with Crippen molar-refractivity contribution in [3.8, 4) is 6.07 Å². The second-order valence-electron chi connectivity index (χ2n) is 6.79. The van der Waals surface area contributed by atoms with Crippen LogP contribution in [0.25, 0.3) is 22.6 Å². The first-order chi connectivity index (χ1) is 15.0. The van der Waals surface area contributed by atoms with Crippen molar-refractivity contribution in [3.05, 3.63) is 105 Å². The van der Waals surface area contributed by atoms with Gasteiger partial charge < -0.3 is 0 Å². The third kappa shape index (κ3) is 5.23. The second-order valence-corrected chi connectivity index (χ2v) is 9.00. The number of hydrogen-bond donors (Lipinski definition) is 0. The molecule has 0 aliphatic carbocycles. The van der Waals surface area contributed by atoms with Crippen molar-refractivity contribution in [3.63, 3.8) is 0 Å². The average molecular weight is 482 g/mol. The van der Waals surface area contributed by atoms with Crippen LogP contribution in [0, 0.1) is 11.3 Å². The molecule has 0 atom stereocenters. The number of nitriles is 1. The van der Waals surface area contributed by atoms with Crippen molar-refractivity contribution >= 4 is 69.1 Å². The van der Waals surface area contributed by atoms with E-state index in [4.69, 9.17) is 39.8 Å². The Labute approximate surface area is 200 Å². The molecule has 0 aliphatic rings. The number of thioether (sulfide) groups is 1. The first kappa shape index (κ1) is 21.7. The van der Waals surface area contributed by atoms with Gasteiger partial charge in [0.2, 0.25) is 0 Å². The van der Waals surface area contributed by atoms with Crippen molar-refractivity contribution in [1.82, 2.24) is 4.98 Å². The summed E-state index contributed by atoms with van der Waals surface area (Å²) in [6.45, 7) is 0. The summed E-state index contributed by atoms with van der Waals surface area (Å²) in [5.41, 5.74) is 4.12. The van der Waals surface area contributed by atoms with Crippen LogP contribution in [0.4, 0.5) is 0 Å². The van der Waals surface area contributed by atoms with Crippen LogP contribution in [0.3, 0.4) is 0 Å². The second kappa shape index (κ2) is 9.77. The molecule has 0 saturated heterocycles. The van der Waals surface area contributed by atoms with E-state index in [0.29, 0.717) is 26.2 Å². The number of benzene rings is 3. The maximum absolute atomic E-state index is 9.80. The molecule has 0 saturated carbocycles. The standard InChI is InChI=1S/C25H15Cl3N2S/c26-21-8-5-16(6-9-21)15-31-25-19(11-18-3-1-2-4-24(18)30-25)12-20(14-29)17-7-10-22(27)23(28)13-17/h1-13H,15H2. The Morgan fingerprint density at radius 2 is 1.71 bits per heavy atom. The molecule has 31 heavy (non-hydrogen) atoms. The Hall–Kier alpha value is -2.48. The maximum Gasteiger partial charge on any atom is 0.104 e. The van der Waals surface area contributed by atoms with Crippen molar-refractivity contribution in [2.45, 2.75) is 10.8 Å². The van der Waals surface area contributed by atoms with Gasteiger partial charge in [0, 0.05) is 21.7 Å². The molecular formula is C25H15Cl3N2S. The van der Waals surface area contributed by atoms with Gasteiger partial charge in [-0.05, 0) is 53.6 Å². The van der Waals surface area contributed by atoms with Crippen LogP contribution in [0.2, 0.25) is 15.1 Å². The zero-order valence-corrected chi connectivity index (χ0v) is 19.2. The fourth-order valence-corrected chi connectivity index (χ4v) is 4.43. The summed E-state index contributed by atoms with van der Waals surface area (Å²) in [6, 6.07) is 25.2. The molecule has 0 radical (unpaired) electrons. The van der Waals surface area contributed by atoms with Crippen LogP contribution in [0.1, 0.15) is 16.7 Å².